The van der Waals surface area contributed by atoms with Crippen LogP contribution in [-0.2, 0) is 9.53 Å². The number of carbonyl (C=O) groups excluding carboxylic acids is 1. The summed E-state index contributed by atoms with van der Waals surface area (Å²) in [4.78, 5) is 19.3. The number of Topliss-reactive ketones (excluding diaryl/α,β-unsaturated/α-hetero) is 1. The van der Waals surface area contributed by atoms with E-state index in [0.29, 0.717) is 6.61 Å². The summed E-state index contributed by atoms with van der Waals surface area (Å²) in [5.74, 6) is 1.97. The smallest absolute Gasteiger partial charge is 0.135 e. The van der Waals surface area contributed by atoms with E-state index < -0.39 is 0 Å². The molecule has 0 saturated carbocycles. The minimum Gasteiger partial charge on any atom is -0.496 e. The van der Waals surface area contributed by atoms with Crippen molar-refractivity contribution < 1.29 is 14.3 Å². The van der Waals surface area contributed by atoms with Crippen molar-refractivity contribution >= 4 is 11.5 Å². The van der Waals surface area contributed by atoms with Crippen LogP contribution in [0.2, 0.25) is 0 Å². The van der Waals surface area contributed by atoms with E-state index in [-0.39, 0.29) is 17.7 Å². The number of nitrogens with zero attached hydrogens (tertiary/aromatic N) is 2. The largest absolute Gasteiger partial charge is 0.496 e. The van der Waals surface area contributed by atoms with Crippen molar-refractivity contribution in [3.63, 3.8) is 0 Å². The Morgan fingerprint density at radius 1 is 1.33 bits per heavy atom. The summed E-state index contributed by atoms with van der Waals surface area (Å²) in [6, 6.07) is 6.12. The highest BCUT2D eigenvalue weighted by molar-refractivity contribution is 6.11. The molecule has 2 aliphatic heterocycles. The Hall–Kier alpha value is -2.40. The molecule has 27 heavy (non-hydrogen) atoms. The normalized spacial score (nSPS) is 22.3. The highest BCUT2D eigenvalue weighted by atomic mass is 16.5. The van der Waals surface area contributed by atoms with E-state index in [1.807, 2.05) is 31.2 Å². The summed E-state index contributed by atoms with van der Waals surface area (Å²) >= 11 is 0. The van der Waals surface area contributed by atoms with Crippen LogP contribution in [0.3, 0.4) is 0 Å². The van der Waals surface area contributed by atoms with Gasteiger partial charge in [0.05, 0.1) is 25.5 Å². The van der Waals surface area contributed by atoms with E-state index in [9.17, 15) is 4.79 Å². The van der Waals surface area contributed by atoms with Gasteiger partial charge in [0.2, 0.25) is 0 Å². The highest BCUT2D eigenvalue weighted by Gasteiger charge is 2.38. The lowest BCUT2D eigenvalue weighted by molar-refractivity contribution is -0.121. The van der Waals surface area contributed by atoms with E-state index >= 15 is 0 Å². The lowest BCUT2D eigenvalue weighted by Gasteiger charge is -2.29. The second-order valence-electron chi connectivity index (χ2n) is 7.08. The van der Waals surface area contributed by atoms with Crippen molar-refractivity contribution in [1.29, 1.82) is 0 Å². The molecular weight excluding hydrogens is 340 g/mol. The van der Waals surface area contributed by atoms with Crippen LogP contribution in [0.1, 0.15) is 30.9 Å². The van der Waals surface area contributed by atoms with Gasteiger partial charge >= 0.3 is 0 Å². The first-order chi connectivity index (χ1) is 13.1. The third kappa shape index (κ3) is 3.98. The van der Waals surface area contributed by atoms with Crippen LogP contribution < -0.4 is 4.74 Å². The van der Waals surface area contributed by atoms with Crippen LogP contribution in [0, 0.1) is 12.8 Å². The first kappa shape index (κ1) is 19.4. The molecule has 1 aromatic rings. The van der Waals surface area contributed by atoms with Crippen LogP contribution in [-0.4, -0.2) is 49.8 Å². The van der Waals surface area contributed by atoms with E-state index in [1.165, 1.54) is 0 Å². The SMILES string of the molecule is COC[C@@H]1[C@H](C(C)=O)CCN1C1=CCC=CC(c2cccc(C)c2OC)=N1. The Bertz CT molecular complexity index is 795. The van der Waals surface area contributed by atoms with Crippen LogP contribution in [0.15, 0.2) is 47.2 Å². The van der Waals surface area contributed by atoms with Crippen molar-refractivity contribution in [2.45, 2.75) is 32.7 Å². The summed E-state index contributed by atoms with van der Waals surface area (Å²) in [6.45, 7) is 5.04. The maximum absolute atomic E-state index is 12.1. The first-order valence-corrected chi connectivity index (χ1v) is 9.42. The molecule has 3 rings (SSSR count). The summed E-state index contributed by atoms with van der Waals surface area (Å²) in [5, 5.41) is 0. The molecule has 0 N–H and O–H groups in total. The molecule has 0 spiro atoms. The maximum atomic E-state index is 12.1. The molecule has 0 amide bonds. The Morgan fingerprint density at radius 3 is 2.85 bits per heavy atom. The standard InChI is InChI=1S/C22H28N2O3/c1-15-8-7-9-18(22(15)27-4)19-10-5-6-11-21(23-19)24-13-12-17(16(2)25)20(24)14-26-3/h5,7-11,17,20H,6,12-14H2,1-4H3/t17-,20+/m0/s1. The average Bonchev–Trinajstić information content (AvgIpc) is 2.91. The topological polar surface area (TPSA) is 51.1 Å². The number of likely N-dealkylation sites (tertiary alicyclic amines) is 1. The fourth-order valence-electron chi connectivity index (χ4n) is 4.01. The van der Waals surface area contributed by atoms with Crippen molar-refractivity contribution in [1.82, 2.24) is 4.90 Å². The Labute approximate surface area is 161 Å². The number of hydrogen-bond acceptors (Lipinski definition) is 5. The highest BCUT2D eigenvalue weighted by Crippen LogP contribution is 2.32. The van der Waals surface area contributed by atoms with Gasteiger partial charge in [-0.3, -0.25) is 4.79 Å². The predicted molar refractivity (Wildman–Crippen MR) is 107 cm³/mol. The number of hydrogen-bond donors (Lipinski definition) is 0. The summed E-state index contributed by atoms with van der Waals surface area (Å²) in [6.07, 6.45) is 7.92. The Morgan fingerprint density at radius 2 is 2.15 bits per heavy atom. The van der Waals surface area contributed by atoms with Gasteiger partial charge in [-0.2, -0.15) is 0 Å². The molecule has 0 radical (unpaired) electrons. The molecule has 0 aliphatic carbocycles. The van der Waals surface area contributed by atoms with E-state index in [2.05, 4.69) is 17.1 Å². The molecule has 0 unspecified atom stereocenters. The minimum absolute atomic E-state index is 0.00535. The number of rotatable bonds is 6. The number of benzene rings is 1. The second kappa shape index (κ2) is 8.53. The van der Waals surface area contributed by atoms with Crippen molar-refractivity contribution in [2.75, 3.05) is 27.4 Å². The van der Waals surface area contributed by atoms with Gasteiger partial charge in [-0.25, -0.2) is 4.99 Å². The molecule has 5 heteroatoms. The Kier molecular flexibility index (Phi) is 6.11. The fraction of sp³-hybridized carbons (Fsp3) is 0.455. The first-order valence-electron chi connectivity index (χ1n) is 9.42. The van der Waals surface area contributed by atoms with E-state index in [4.69, 9.17) is 14.5 Å². The van der Waals surface area contributed by atoms with E-state index in [0.717, 1.165) is 47.8 Å². The molecular formula is C22H28N2O3. The second-order valence-corrected chi connectivity index (χ2v) is 7.08. The molecule has 2 heterocycles. The number of para-hydroxylation sites is 1. The maximum Gasteiger partial charge on any atom is 0.135 e. The molecule has 2 aliphatic rings. The van der Waals surface area contributed by atoms with Gasteiger partial charge in [0.25, 0.3) is 0 Å². The van der Waals surface area contributed by atoms with Crippen LogP contribution >= 0.6 is 0 Å². The van der Waals surface area contributed by atoms with Crippen LogP contribution in [0.4, 0.5) is 0 Å². The summed E-state index contributed by atoms with van der Waals surface area (Å²) in [7, 11) is 3.37. The fourth-order valence-corrected chi connectivity index (χ4v) is 4.01. The number of aliphatic imine (C=N–C) groups is 1. The number of carbonyl (C=O) groups is 1. The van der Waals surface area contributed by atoms with Gasteiger partial charge in [0.15, 0.2) is 0 Å². The minimum atomic E-state index is -0.00535. The molecule has 5 nitrogen and oxygen atoms in total. The predicted octanol–water partition coefficient (Wildman–Crippen LogP) is 3.52. The molecule has 0 aromatic heterocycles. The molecule has 1 fully saturated rings. The average molecular weight is 368 g/mol. The van der Waals surface area contributed by atoms with Crippen LogP contribution in [0.25, 0.3) is 0 Å². The van der Waals surface area contributed by atoms with Gasteiger partial charge in [-0.1, -0.05) is 18.2 Å². The van der Waals surface area contributed by atoms with Crippen molar-refractivity contribution in [2.24, 2.45) is 10.9 Å². The van der Waals surface area contributed by atoms with Crippen molar-refractivity contribution in [3.8, 4) is 5.75 Å². The zero-order chi connectivity index (χ0) is 19.4. The number of allylic oxidation sites excluding steroid dienone is 3. The van der Waals surface area contributed by atoms with Gasteiger partial charge in [0.1, 0.15) is 17.4 Å². The molecule has 2 atom stereocenters. The molecule has 1 aromatic carbocycles. The quantitative estimate of drug-likeness (QED) is 0.771. The van der Waals surface area contributed by atoms with Gasteiger partial charge in [-0.05, 0) is 50.5 Å². The lowest BCUT2D eigenvalue weighted by Crippen LogP contribution is -2.38. The molecule has 144 valence electrons. The zero-order valence-corrected chi connectivity index (χ0v) is 16.6. The van der Waals surface area contributed by atoms with Crippen LogP contribution in [0.5, 0.6) is 5.75 Å². The summed E-state index contributed by atoms with van der Waals surface area (Å²) in [5.41, 5.74) is 2.94. The monoisotopic (exact) mass is 368 g/mol. The number of aryl methyl sites for hydroxylation is 1. The third-order valence-electron chi connectivity index (χ3n) is 5.34. The number of methoxy groups -OCH3 is 2. The Balaban J connectivity index is 1.97. The van der Waals surface area contributed by atoms with Gasteiger partial charge in [-0.15, -0.1) is 0 Å². The zero-order valence-electron chi connectivity index (χ0n) is 16.6. The van der Waals surface area contributed by atoms with E-state index in [1.54, 1.807) is 21.1 Å². The molecule has 1 saturated heterocycles. The van der Waals surface area contributed by atoms with Gasteiger partial charge in [0, 0.05) is 25.1 Å². The summed E-state index contributed by atoms with van der Waals surface area (Å²) < 4.78 is 11.0. The lowest BCUT2D eigenvalue weighted by atomic mass is 9.97. The third-order valence-corrected chi connectivity index (χ3v) is 5.34. The number of ketones is 1. The van der Waals surface area contributed by atoms with Crippen molar-refractivity contribution in [3.05, 3.63) is 53.4 Å². The number of ether oxygens (including phenoxy) is 2. The van der Waals surface area contributed by atoms with Gasteiger partial charge < -0.3 is 14.4 Å². The molecule has 0 bridgehead atoms.